The van der Waals surface area contributed by atoms with Gasteiger partial charge in [-0.25, -0.2) is 8.42 Å². The SMILES string of the molecule is COc1ccc(CC(=O)NCc2cccc(S(=O)(=O)N3CCCCC3)c2)c(OC)c1. The van der Waals surface area contributed by atoms with Gasteiger partial charge in [0.2, 0.25) is 15.9 Å². The fourth-order valence-electron chi connectivity index (χ4n) is 3.50. The number of piperidine rings is 1. The van der Waals surface area contributed by atoms with Crippen molar-refractivity contribution in [1.29, 1.82) is 0 Å². The number of rotatable bonds is 8. The fourth-order valence-corrected chi connectivity index (χ4v) is 5.09. The number of carbonyl (C=O) groups is 1. The lowest BCUT2D eigenvalue weighted by Crippen LogP contribution is -2.35. The van der Waals surface area contributed by atoms with Crippen LogP contribution in [0.1, 0.15) is 30.4 Å². The van der Waals surface area contributed by atoms with Crippen LogP contribution in [-0.2, 0) is 27.8 Å². The van der Waals surface area contributed by atoms with Gasteiger partial charge in [0.05, 0.1) is 25.5 Å². The molecule has 0 saturated carbocycles. The van der Waals surface area contributed by atoms with Crippen molar-refractivity contribution in [1.82, 2.24) is 9.62 Å². The number of amides is 1. The maximum atomic E-state index is 12.9. The number of carbonyl (C=O) groups excluding carboxylic acids is 1. The molecule has 1 amide bonds. The monoisotopic (exact) mass is 432 g/mol. The number of nitrogens with zero attached hydrogens (tertiary/aromatic N) is 1. The Kier molecular flexibility index (Phi) is 7.33. The lowest BCUT2D eigenvalue weighted by molar-refractivity contribution is -0.120. The average Bonchev–Trinajstić information content (AvgIpc) is 2.78. The Morgan fingerprint density at radius 1 is 1.03 bits per heavy atom. The first kappa shape index (κ1) is 22.1. The molecule has 0 aromatic heterocycles. The summed E-state index contributed by atoms with van der Waals surface area (Å²) in [5.74, 6) is 1.06. The summed E-state index contributed by atoms with van der Waals surface area (Å²) in [5, 5.41) is 2.85. The molecule has 1 N–H and O–H groups in total. The van der Waals surface area contributed by atoms with Gasteiger partial charge in [0.15, 0.2) is 0 Å². The summed E-state index contributed by atoms with van der Waals surface area (Å²) in [7, 11) is -0.379. The van der Waals surface area contributed by atoms with E-state index < -0.39 is 10.0 Å². The minimum Gasteiger partial charge on any atom is -0.497 e. The Hall–Kier alpha value is -2.58. The lowest BCUT2D eigenvalue weighted by atomic mass is 10.1. The summed E-state index contributed by atoms with van der Waals surface area (Å²) in [5.41, 5.74) is 1.49. The van der Waals surface area contributed by atoms with Crippen molar-refractivity contribution in [2.75, 3.05) is 27.3 Å². The third-order valence-electron chi connectivity index (χ3n) is 5.19. The van der Waals surface area contributed by atoms with Crippen molar-refractivity contribution >= 4 is 15.9 Å². The molecule has 1 heterocycles. The molecule has 0 unspecified atom stereocenters. The smallest absolute Gasteiger partial charge is 0.243 e. The molecule has 2 aromatic carbocycles. The van der Waals surface area contributed by atoms with Gasteiger partial charge in [-0.1, -0.05) is 24.6 Å². The normalized spacial score (nSPS) is 14.9. The van der Waals surface area contributed by atoms with Crippen molar-refractivity contribution in [3.05, 3.63) is 53.6 Å². The van der Waals surface area contributed by atoms with Crippen molar-refractivity contribution in [3.63, 3.8) is 0 Å². The molecule has 0 spiro atoms. The summed E-state index contributed by atoms with van der Waals surface area (Å²) in [4.78, 5) is 12.7. The van der Waals surface area contributed by atoms with Gasteiger partial charge in [0, 0.05) is 31.3 Å². The third-order valence-corrected chi connectivity index (χ3v) is 7.08. The number of sulfonamides is 1. The standard InChI is InChI=1S/C22H28N2O5S/c1-28-19-10-9-18(21(15-19)29-2)14-22(25)23-16-17-7-6-8-20(13-17)30(26,27)24-11-4-3-5-12-24/h6-10,13,15H,3-5,11-12,14,16H2,1-2H3,(H,23,25). The second-order valence-corrected chi connectivity index (χ2v) is 9.18. The fraction of sp³-hybridized carbons (Fsp3) is 0.409. The van der Waals surface area contributed by atoms with E-state index >= 15 is 0 Å². The molecule has 162 valence electrons. The van der Waals surface area contributed by atoms with E-state index in [1.807, 2.05) is 6.07 Å². The Morgan fingerprint density at radius 2 is 1.80 bits per heavy atom. The number of hydrogen-bond acceptors (Lipinski definition) is 5. The zero-order valence-electron chi connectivity index (χ0n) is 17.4. The molecule has 2 aromatic rings. The predicted octanol–water partition coefficient (Wildman–Crippen LogP) is 2.74. The highest BCUT2D eigenvalue weighted by Crippen LogP contribution is 2.25. The molecule has 0 atom stereocenters. The molecule has 1 saturated heterocycles. The van der Waals surface area contributed by atoms with Gasteiger partial charge in [0.25, 0.3) is 0 Å². The van der Waals surface area contributed by atoms with Crippen LogP contribution in [0.4, 0.5) is 0 Å². The van der Waals surface area contributed by atoms with Gasteiger partial charge in [-0.2, -0.15) is 4.31 Å². The first-order valence-corrected chi connectivity index (χ1v) is 11.4. The van der Waals surface area contributed by atoms with Crippen molar-refractivity contribution in [3.8, 4) is 11.5 Å². The maximum absolute atomic E-state index is 12.9. The van der Waals surface area contributed by atoms with Gasteiger partial charge in [0.1, 0.15) is 11.5 Å². The van der Waals surface area contributed by atoms with E-state index in [4.69, 9.17) is 9.47 Å². The van der Waals surface area contributed by atoms with Crippen LogP contribution in [0.2, 0.25) is 0 Å². The van der Waals surface area contributed by atoms with Gasteiger partial charge in [-0.05, 0) is 36.6 Å². The van der Waals surface area contributed by atoms with Crippen molar-refractivity contribution in [2.24, 2.45) is 0 Å². The van der Waals surface area contributed by atoms with Crippen molar-refractivity contribution < 1.29 is 22.7 Å². The molecule has 8 heteroatoms. The number of methoxy groups -OCH3 is 2. The van der Waals surface area contributed by atoms with Gasteiger partial charge in [-0.15, -0.1) is 0 Å². The second-order valence-electron chi connectivity index (χ2n) is 7.24. The molecule has 7 nitrogen and oxygen atoms in total. The minimum atomic E-state index is -3.50. The van der Waals surface area contributed by atoms with E-state index in [1.54, 1.807) is 54.9 Å². The minimum absolute atomic E-state index is 0.152. The van der Waals surface area contributed by atoms with E-state index in [2.05, 4.69) is 5.32 Å². The van der Waals surface area contributed by atoms with Crippen LogP contribution in [0, 0.1) is 0 Å². The van der Waals surface area contributed by atoms with Gasteiger partial charge in [-0.3, -0.25) is 4.79 Å². The van der Waals surface area contributed by atoms with Crippen LogP contribution in [0.5, 0.6) is 11.5 Å². The largest absolute Gasteiger partial charge is 0.497 e. The Morgan fingerprint density at radius 3 is 2.50 bits per heavy atom. The summed E-state index contributed by atoms with van der Waals surface area (Å²) in [6.07, 6.45) is 3.00. The highest BCUT2D eigenvalue weighted by Gasteiger charge is 2.25. The van der Waals surface area contributed by atoms with Gasteiger partial charge >= 0.3 is 0 Å². The molecule has 3 rings (SSSR count). The first-order valence-electron chi connectivity index (χ1n) is 10.0. The Balaban J connectivity index is 1.64. The van der Waals surface area contributed by atoms with E-state index in [-0.39, 0.29) is 23.8 Å². The average molecular weight is 433 g/mol. The van der Waals surface area contributed by atoms with Crippen LogP contribution in [0.3, 0.4) is 0 Å². The van der Waals surface area contributed by atoms with Crippen LogP contribution in [0.25, 0.3) is 0 Å². The molecule has 30 heavy (non-hydrogen) atoms. The molecule has 0 bridgehead atoms. The van der Waals surface area contributed by atoms with E-state index in [1.165, 1.54) is 0 Å². The summed E-state index contributed by atoms with van der Waals surface area (Å²) < 4.78 is 37.8. The van der Waals surface area contributed by atoms with E-state index in [0.717, 1.165) is 30.4 Å². The second kappa shape index (κ2) is 9.95. The first-order chi connectivity index (χ1) is 14.4. The third kappa shape index (κ3) is 5.31. The predicted molar refractivity (Wildman–Crippen MR) is 114 cm³/mol. The Bertz CT molecular complexity index is 985. The molecule has 1 aliphatic heterocycles. The molecule has 0 radical (unpaired) electrons. The Labute approximate surface area is 178 Å². The molecule has 1 aliphatic rings. The maximum Gasteiger partial charge on any atom is 0.243 e. The quantitative estimate of drug-likeness (QED) is 0.693. The topological polar surface area (TPSA) is 84.9 Å². The summed E-state index contributed by atoms with van der Waals surface area (Å²) in [6.45, 7) is 1.38. The highest BCUT2D eigenvalue weighted by molar-refractivity contribution is 7.89. The summed E-state index contributed by atoms with van der Waals surface area (Å²) >= 11 is 0. The molecule has 1 fully saturated rings. The van der Waals surface area contributed by atoms with Crippen molar-refractivity contribution in [2.45, 2.75) is 37.1 Å². The number of hydrogen-bond donors (Lipinski definition) is 1. The van der Waals surface area contributed by atoms with Crippen LogP contribution >= 0.6 is 0 Å². The summed E-state index contributed by atoms with van der Waals surface area (Å²) in [6, 6.07) is 12.1. The van der Waals surface area contributed by atoms with Crippen LogP contribution < -0.4 is 14.8 Å². The van der Waals surface area contributed by atoms with Crippen LogP contribution in [0.15, 0.2) is 47.4 Å². The number of nitrogens with one attached hydrogen (secondary N) is 1. The molecular formula is C22H28N2O5S. The molecule has 0 aliphatic carbocycles. The number of benzene rings is 2. The van der Waals surface area contributed by atoms with Gasteiger partial charge < -0.3 is 14.8 Å². The highest BCUT2D eigenvalue weighted by atomic mass is 32.2. The zero-order chi connectivity index (χ0) is 21.6. The molecular weight excluding hydrogens is 404 g/mol. The van der Waals surface area contributed by atoms with E-state index in [0.29, 0.717) is 24.6 Å². The zero-order valence-corrected chi connectivity index (χ0v) is 18.2. The lowest BCUT2D eigenvalue weighted by Gasteiger charge is -2.26. The number of ether oxygens (including phenoxy) is 2. The van der Waals surface area contributed by atoms with E-state index in [9.17, 15) is 13.2 Å². The van der Waals surface area contributed by atoms with Crippen LogP contribution in [-0.4, -0.2) is 45.9 Å².